The predicted octanol–water partition coefficient (Wildman–Crippen LogP) is 3.99. The Bertz CT molecular complexity index is 881. The van der Waals surface area contributed by atoms with Gasteiger partial charge in [0.05, 0.1) is 6.61 Å². The van der Waals surface area contributed by atoms with Gasteiger partial charge in [-0.3, -0.25) is 4.79 Å². The second-order valence-corrected chi connectivity index (χ2v) is 5.92. The summed E-state index contributed by atoms with van der Waals surface area (Å²) in [4.78, 5) is 16.6. The molecular weight excluding hydrogens is 340 g/mol. The molecular formula is C22H22N2O3. The number of hydrogen-bond acceptors (Lipinski definition) is 4. The molecule has 1 heterocycles. The van der Waals surface area contributed by atoms with Gasteiger partial charge in [0.15, 0.2) is 0 Å². The van der Waals surface area contributed by atoms with E-state index < -0.39 is 0 Å². The number of aromatic nitrogens is 1. The lowest BCUT2D eigenvalue weighted by molar-refractivity contribution is 0.0950. The van der Waals surface area contributed by atoms with Gasteiger partial charge in [0, 0.05) is 24.4 Å². The molecule has 0 aliphatic rings. The molecule has 0 unspecified atom stereocenters. The van der Waals surface area contributed by atoms with Crippen LogP contribution in [0.15, 0.2) is 72.9 Å². The average Bonchev–Trinajstić information content (AvgIpc) is 2.72. The van der Waals surface area contributed by atoms with Gasteiger partial charge in [-0.05, 0) is 36.2 Å². The standard InChI is InChI=1S/C22H22N2O3/c1-2-26-20-10-6-9-18(13-20)15-24-22(25)19-11-12-23-21(14-19)27-16-17-7-4-3-5-8-17/h3-14H,2,15-16H2,1H3,(H,24,25). The fraction of sp³-hybridized carbons (Fsp3) is 0.182. The fourth-order valence-corrected chi connectivity index (χ4v) is 2.56. The molecule has 5 nitrogen and oxygen atoms in total. The van der Waals surface area contributed by atoms with Crippen molar-refractivity contribution >= 4 is 5.91 Å². The van der Waals surface area contributed by atoms with Crippen LogP contribution in [0.4, 0.5) is 0 Å². The van der Waals surface area contributed by atoms with Crippen molar-refractivity contribution in [3.05, 3.63) is 89.6 Å². The van der Waals surface area contributed by atoms with Gasteiger partial charge in [-0.15, -0.1) is 0 Å². The van der Waals surface area contributed by atoms with E-state index in [1.165, 1.54) is 0 Å². The Labute approximate surface area is 159 Å². The van der Waals surface area contributed by atoms with Crippen LogP contribution in [0, 0.1) is 0 Å². The number of hydrogen-bond donors (Lipinski definition) is 1. The largest absolute Gasteiger partial charge is 0.494 e. The van der Waals surface area contributed by atoms with Crippen molar-refractivity contribution in [2.45, 2.75) is 20.1 Å². The molecule has 5 heteroatoms. The molecule has 3 aromatic rings. The number of amides is 1. The molecule has 1 N–H and O–H groups in total. The summed E-state index contributed by atoms with van der Waals surface area (Å²) < 4.78 is 11.2. The molecule has 2 aromatic carbocycles. The van der Waals surface area contributed by atoms with Crippen molar-refractivity contribution in [1.82, 2.24) is 10.3 Å². The zero-order chi connectivity index (χ0) is 18.9. The Morgan fingerprint density at radius 1 is 0.963 bits per heavy atom. The predicted molar refractivity (Wildman–Crippen MR) is 104 cm³/mol. The molecule has 1 aromatic heterocycles. The first-order valence-corrected chi connectivity index (χ1v) is 8.87. The highest BCUT2D eigenvalue weighted by Crippen LogP contribution is 2.14. The van der Waals surface area contributed by atoms with Crippen molar-refractivity contribution in [3.8, 4) is 11.6 Å². The number of pyridine rings is 1. The summed E-state index contributed by atoms with van der Waals surface area (Å²) in [6.45, 7) is 3.37. The summed E-state index contributed by atoms with van der Waals surface area (Å²) >= 11 is 0. The summed E-state index contributed by atoms with van der Waals surface area (Å²) in [7, 11) is 0. The SMILES string of the molecule is CCOc1cccc(CNC(=O)c2ccnc(OCc3ccccc3)c2)c1. The molecule has 27 heavy (non-hydrogen) atoms. The van der Waals surface area contributed by atoms with Gasteiger partial charge < -0.3 is 14.8 Å². The highest BCUT2D eigenvalue weighted by Gasteiger charge is 2.08. The van der Waals surface area contributed by atoms with Crippen LogP contribution in [0.5, 0.6) is 11.6 Å². The summed E-state index contributed by atoms with van der Waals surface area (Å²) in [6, 6.07) is 20.8. The second kappa shape index (κ2) is 9.38. The molecule has 0 aliphatic carbocycles. The molecule has 0 saturated heterocycles. The number of carbonyl (C=O) groups excluding carboxylic acids is 1. The number of benzene rings is 2. The number of carbonyl (C=O) groups is 1. The normalized spacial score (nSPS) is 10.3. The van der Waals surface area contributed by atoms with Crippen LogP contribution in [-0.4, -0.2) is 17.5 Å². The van der Waals surface area contributed by atoms with Gasteiger partial charge in [0.2, 0.25) is 5.88 Å². The topological polar surface area (TPSA) is 60.5 Å². The van der Waals surface area contributed by atoms with Crippen molar-refractivity contribution in [2.24, 2.45) is 0 Å². The maximum absolute atomic E-state index is 12.4. The minimum Gasteiger partial charge on any atom is -0.494 e. The van der Waals surface area contributed by atoms with Gasteiger partial charge in [-0.1, -0.05) is 42.5 Å². The Balaban J connectivity index is 1.57. The molecule has 0 aliphatic heterocycles. The number of nitrogens with one attached hydrogen (secondary N) is 1. The van der Waals surface area contributed by atoms with E-state index in [4.69, 9.17) is 9.47 Å². The molecule has 0 spiro atoms. The second-order valence-electron chi connectivity index (χ2n) is 5.92. The van der Waals surface area contributed by atoms with Crippen LogP contribution in [0.25, 0.3) is 0 Å². The van der Waals surface area contributed by atoms with E-state index >= 15 is 0 Å². The quantitative estimate of drug-likeness (QED) is 0.658. The molecule has 0 atom stereocenters. The molecule has 138 valence electrons. The van der Waals surface area contributed by atoms with E-state index in [-0.39, 0.29) is 5.91 Å². The van der Waals surface area contributed by atoms with E-state index in [9.17, 15) is 4.79 Å². The van der Waals surface area contributed by atoms with Gasteiger partial charge in [-0.2, -0.15) is 0 Å². The highest BCUT2D eigenvalue weighted by molar-refractivity contribution is 5.94. The number of rotatable bonds is 8. The van der Waals surface area contributed by atoms with E-state index in [1.807, 2.05) is 61.5 Å². The zero-order valence-electron chi connectivity index (χ0n) is 15.2. The van der Waals surface area contributed by atoms with E-state index in [0.717, 1.165) is 16.9 Å². The molecule has 0 radical (unpaired) electrons. The smallest absolute Gasteiger partial charge is 0.251 e. The molecule has 0 saturated carbocycles. The molecule has 0 fully saturated rings. The van der Waals surface area contributed by atoms with E-state index in [0.29, 0.717) is 31.2 Å². The minimum absolute atomic E-state index is 0.177. The monoisotopic (exact) mass is 362 g/mol. The maximum Gasteiger partial charge on any atom is 0.251 e. The molecule has 3 rings (SSSR count). The summed E-state index contributed by atoms with van der Waals surface area (Å²) in [5.74, 6) is 1.04. The van der Waals surface area contributed by atoms with Crippen LogP contribution in [-0.2, 0) is 13.2 Å². The van der Waals surface area contributed by atoms with Gasteiger partial charge in [-0.25, -0.2) is 4.98 Å². The summed E-state index contributed by atoms with van der Waals surface area (Å²) in [5, 5.41) is 2.91. The van der Waals surface area contributed by atoms with Crippen molar-refractivity contribution in [1.29, 1.82) is 0 Å². The molecule has 1 amide bonds. The zero-order valence-corrected chi connectivity index (χ0v) is 15.2. The van der Waals surface area contributed by atoms with Gasteiger partial charge in [0.1, 0.15) is 12.4 Å². The first kappa shape index (κ1) is 18.5. The van der Waals surface area contributed by atoms with Crippen molar-refractivity contribution in [2.75, 3.05) is 6.61 Å². The third-order valence-electron chi connectivity index (χ3n) is 3.89. The maximum atomic E-state index is 12.4. The Morgan fingerprint density at radius 2 is 1.78 bits per heavy atom. The minimum atomic E-state index is -0.177. The summed E-state index contributed by atoms with van der Waals surface area (Å²) in [6.07, 6.45) is 1.57. The Kier molecular flexibility index (Phi) is 6.41. The highest BCUT2D eigenvalue weighted by atomic mass is 16.5. The van der Waals surface area contributed by atoms with E-state index in [2.05, 4.69) is 10.3 Å². The first-order chi connectivity index (χ1) is 13.2. The fourth-order valence-electron chi connectivity index (χ4n) is 2.56. The lowest BCUT2D eigenvalue weighted by Gasteiger charge is -2.09. The third kappa shape index (κ3) is 5.57. The van der Waals surface area contributed by atoms with Crippen LogP contribution < -0.4 is 14.8 Å². The number of nitrogens with zero attached hydrogens (tertiary/aromatic N) is 1. The van der Waals surface area contributed by atoms with Gasteiger partial charge in [0.25, 0.3) is 5.91 Å². The third-order valence-corrected chi connectivity index (χ3v) is 3.89. The van der Waals surface area contributed by atoms with Crippen LogP contribution >= 0.6 is 0 Å². The lowest BCUT2D eigenvalue weighted by atomic mass is 10.2. The Hall–Kier alpha value is -3.34. The van der Waals surface area contributed by atoms with Crippen LogP contribution in [0.2, 0.25) is 0 Å². The van der Waals surface area contributed by atoms with Crippen molar-refractivity contribution < 1.29 is 14.3 Å². The van der Waals surface area contributed by atoms with Gasteiger partial charge >= 0.3 is 0 Å². The molecule has 0 bridgehead atoms. The van der Waals surface area contributed by atoms with Crippen LogP contribution in [0.1, 0.15) is 28.4 Å². The van der Waals surface area contributed by atoms with E-state index in [1.54, 1.807) is 18.3 Å². The summed E-state index contributed by atoms with van der Waals surface area (Å²) in [5.41, 5.74) is 2.53. The average molecular weight is 362 g/mol. The first-order valence-electron chi connectivity index (χ1n) is 8.87. The lowest BCUT2D eigenvalue weighted by Crippen LogP contribution is -2.22. The number of ether oxygens (including phenoxy) is 2. The van der Waals surface area contributed by atoms with Crippen LogP contribution in [0.3, 0.4) is 0 Å². The Morgan fingerprint density at radius 3 is 2.59 bits per heavy atom. The van der Waals surface area contributed by atoms with Crippen molar-refractivity contribution in [3.63, 3.8) is 0 Å².